The summed E-state index contributed by atoms with van der Waals surface area (Å²) in [4.78, 5) is 10.7. The van der Waals surface area contributed by atoms with Crippen LogP contribution in [0.5, 0.6) is 0 Å². The summed E-state index contributed by atoms with van der Waals surface area (Å²) in [5, 5.41) is 13.5. The van der Waals surface area contributed by atoms with Crippen molar-refractivity contribution in [3.05, 3.63) is 65.3 Å². The van der Waals surface area contributed by atoms with Gasteiger partial charge in [0.2, 0.25) is 0 Å². The first-order valence-electron chi connectivity index (χ1n) is 6.58. The Morgan fingerprint density at radius 1 is 1.23 bits per heavy atom. The molecule has 112 valence electrons. The predicted molar refractivity (Wildman–Crippen MR) is 75.9 cm³/mol. The predicted octanol–water partition coefficient (Wildman–Crippen LogP) is 3.38. The van der Waals surface area contributed by atoms with Gasteiger partial charge < -0.3 is 14.4 Å². The largest absolute Gasteiger partial charge is 0.476 e. The molecule has 0 spiro atoms. The molecule has 0 saturated heterocycles. The zero-order valence-electron chi connectivity index (χ0n) is 11.5. The van der Waals surface area contributed by atoms with Crippen LogP contribution in [0, 0.1) is 5.82 Å². The van der Waals surface area contributed by atoms with Gasteiger partial charge in [0.05, 0.1) is 6.61 Å². The van der Waals surface area contributed by atoms with Crippen molar-refractivity contribution in [2.45, 2.75) is 13.2 Å². The molecule has 0 aliphatic heterocycles. The molecule has 5 nitrogen and oxygen atoms in total. The minimum Gasteiger partial charge on any atom is -0.476 e. The normalized spacial score (nSPS) is 11.0. The summed E-state index contributed by atoms with van der Waals surface area (Å²) in [5.41, 5.74) is 0.243. The van der Waals surface area contributed by atoms with Crippen LogP contribution in [0.15, 0.2) is 47.0 Å². The maximum Gasteiger partial charge on any atom is 0.358 e. The molecule has 0 aliphatic carbocycles. The van der Waals surface area contributed by atoms with Crippen LogP contribution in [0.1, 0.15) is 21.8 Å². The number of aromatic nitrogens is 1. The third-order valence-electron chi connectivity index (χ3n) is 3.22. The molecule has 0 bridgehead atoms. The van der Waals surface area contributed by atoms with Crippen molar-refractivity contribution < 1.29 is 23.6 Å². The highest BCUT2D eigenvalue weighted by Gasteiger charge is 2.11. The summed E-state index contributed by atoms with van der Waals surface area (Å²) in [6, 6.07) is 11.9. The standard InChI is InChI=1S/C16H12FNO4/c17-15-11(6-5-10-3-1-2-4-13(10)15)8-21-9-12-7-14(16(19)20)18-22-12/h1-7H,8-9H2,(H,19,20). The lowest BCUT2D eigenvalue weighted by molar-refractivity contribution is 0.0683. The number of hydrogen-bond acceptors (Lipinski definition) is 4. The third kappa shape index (κ3) is 2.82. The van der Waals surface area contributed by atoms with Crippen molar-refractivity contribution in [2.24, 2.45) is 0 Å². The number of benzene rings is 2. The lowest BCUT2D eigenvalue weighted by Gasteiger charge is -2.06. The van der Waals surface area contributed by atoms with Gasteiger partial charge in [0, 0.05) is 17.0 Å². The topological polar surface area (TPSA) is 72.6 Å². The van der Waals surface area contributed by atoms with Gasteiger partial charge in [0.1, 0.15) is 12.4 Å². The van der Waals surface area contributed by atoms with Crippen LogP contribution < -0.4 is 0 Å². The van der Waals surface area contributed by atoms with Gasteiger partial charge in [-0.2, -0.15) is 0 Å². The fraction of sp³-hybridized carbons (Fsp3) is 0.125. The molecule has 22 heavy (non-hydrogen) atoms. The Morgan fingerprint density at radius 3 is 2.82 bits per heavy atom. The summed E-state index contributed by atoms with van der Waals surface area (Å²) >= 11 is 0. The van der Waals surface area contributed by atoms with E-state index in [4.69, 9.17) is 14.4 Å². The second kappa shape index (κ2) is 5.95. The molecule has 6 heteroatoms. The van der Waals surface area contributed by atoms with Gasteiger partial charge in [-0.05, 0) is 5.39 Å². The Balaban J connectivity index is 1.68. The number of fused-ring (bicyclic) bond motifs is 1. The first kappa shape index (κ1) is 14.2. The van der Waals surface area contributed by atoms with Gasteiger partial charge >= 0.3 is 5.97 Å². The smallest absolute Gasteiger partial charge is 0.358 e. The van der Waals surface area contributed by atoms with Crippen LogP contribution >= 0.6 is 0 Å². The molecule has 0 atom stereocenters. The fourth-order valence-corrected chi connectivity index (χ4v) is 2.13. The summed E-state index contributed by atoms with van der Waals surface area (Å²) in [7, 11) is 0. The van der Waals surface area contributed by atoms with E-state index in [9.17, 15) is 9.18 Å². The number of carbonyl (C=O) groups is 1. The molecule has 0 aliphatic rings. The summed E-state index contributed by atoms with van der Waals surface area (Å²) in [6.07, 6.45) is 0. The van der Waals surface area contributed by atoms with Crippen molar-refractivity contribution in [3.8, 4) is 0 Å². The van der Waals surface area contributed by atoms with E-state index in [-0.39, 0.29) is 30.5 Å². The molecule has 0 fully saturated rings. The Morgan fingerprint density at radius 2 is 2.05 bits per heavy atom. The van der Waals surface area contributed by atoms with Crippen LogP contribution in [0.3, 0.4) is 0 Å². The van der Waals surface area contributed by atoms with E-state index in [0.717, 1.165) is 5.39 Å². The molecule has 0 radical (unpaired) electrons. The molecule has 3 aromatic rings. The van der Waals surface area contributed by atoms with Gasteiger partial charge in [0.25, 0.3) is 0 Å². The van der Waals surface area contributed by atoms with Crippen LogP contribution in [-0.2, 0) is 18.0 Å². The quantitative estimate of drug-likeness (QED) is 0.782. The Labute approximate surface area is 124 Å². The molecule has 1 heterocycles. The SMILES string of the molecule is O=C(O)c1cc(COCc2ccc3ccccc3c2F)on1. The van der Waals surface area contributed by atoms with Crippen molar-refractivity contribution in [1.82, 2.24) is 5.16 Å². The number of halogens is 1. The maximum absolute atomic E-state index is 14.3. The number of aromatic carboxylic acids is 1. The van der Waals surface area contributed by atoms with Crippen molar-refractivity contribution in [1.29, 1.82) is 0 Å². The zero-order chi connectivity index (χ0) is 15.5. The van der Waals surface area contributed by atoms with E-state index in [1.807, 2.05) is 18.2 Å². The van der Waals surface area contributed by atoms with Gasteiger partial charge in [0.15, 0.2) is 11.5 Å². The van der Waals surface area contributed by atoms with Gasteiger partial charge in [-0.1, -0.05) is 41.6 Å². The summed E-state index contributed by atoms with van der Waals surface area (Å²) < 4.78 is 24.5. The minimum absolute atomic E-state index is 0.0204. The second-order valence-corrected chi connectivity index (χ2v) is 4.74. The monoisotopic (exact) mass is 301 g/mol. The number of ether oxygens (including phenoxy) is 1. The first-order chi connectivity index (χ1) is 10.6. The number of carboxylic acids is 1. The molecule has 0 unspecified atom stereocenters. The van der Waals surface area contributed by atoms with Crippen LogP contribution in [0.4, 0.5) is 4.39 Å². The number of rotatable bonds is 5. The van der Waals surface area contributed by atoms with Crippen LogP contribution in [0.2, 0.25) is 0 Å². The average molecular weight is 301 g/mol. The molecule has 1 N–H and O–H groups in total. The van der Waals surface area contributed by atoms with Gasteiger partial charge in [-0.15, -0.1) is 0 Å². The molecule has 3 rings (SSSR count). The van der Waals surface area contributed by atoms with Gasteiger partial charge in [-0.3, -0.25) is 0 Å². The van der Waals surface area contributed by atoms with Crippen LogP contribution in [0.25, 0.3) is 10.8 Å². The minimum atomic E-state index is -1.17. The lowest BCUT2D eigenvalue weighted by atomic mass is 10.1. The first-order valence-corrected chi connectivity index (χ1v) is 6.58. The van der Waals surface area contributed by atoms with Crippen molar-refractivity contribution in [2.75, 3.05) is 0 Å². The molecule has 1 aromatic heterocycles. The van der Waals surface area contributed by atoms with Crippen molar-refractivity contribution in [3.63, 3.8) is 0 Å². The van der Waals surface area contributed by atoms with Gasteiger partial charge in [-0.25, -0.2) is 9.18 Å². The maximum atomic E-state index is 14.3. The number of hydrogen-bond donors (Lipinski definition) is 1. The highest BCUT2D eigenvalue weighted by Crippen LogP contribution is 2.21. The van der Waals surface area contributed by atoms with E-state index >= 15 is 0 Å². The number of nitrogens with zero attached hydrogens (tertiary/aromatic N) is 1. The fourth-order valence-electron chi connectivity index (χ4n) is 2.13. The molecule has 0 amide bonds. The average Bonchev–Trinajstić information content (AvgIpc) is 2.99. The lowest BCUT2D eigenvalue weighted by Crippen LogP contribution is -1.97. The third-order valence-corrected chi connectivity index (χ3v) is 3.22. The van der Waals surface area contributed by atoms with E-state index in [0.29, 0.717) is 10.9 Å². The van der Waals surface area contributed by atoms with E-state index in [1.165, 1.54) is 6.07 Å². The summed E-state index contributed by atoms with van der Waals surface area (Å²) in [6.45, 7) is 0.0757. The number of carboxylic acid groups (broad SMARTS) is 1. The molecular weight excluding hydrogens is 289 g/mol. The highest BCUT2D eigenvalue weighted by molar-refractivity contribution is 5.85. The summed E-state index contributed by atoms with van der Waals surface area (Å²) in [5.74, 6) is -1.21. The molecular formula is C16H12FNO4. The zero-order valence-corrected chi connectivity index (χ0v) is 11.5. The Hall–Kier alpha value is -2.73. The van der Waals surface area contributed by atoms with E-state index in [2.05, 4.69) is 5.16 Å². The Bertz CT molecular complexity index is 828. The molecule has 0 saturated carbocycles. The van der Waals surface area contributed by atoms with Crippen molar-refractivity contribution >= 4 is 16.7 Å². The highest BCUT2D eigenvalue weighted by atomic mass is 19.1. The van der Waals surface area contributed by atoms with Crippen LogP contribution in [-0.4, -0.2) is 16.2 Å². The van der Waals surface area contributed by atoms with E-state index < -0.39 is 5.97 Å². The van der Waals surface area contributed by atoms with E-state index in [1.54, 1.807) is 18.2 Å². The Kier molecular flexibility index (Phi) is 3.84. The molecule has 2 aromatic carbocycles. The second-order valence-electron chi connectivity index (χ2n) is 4.74.